The molecule has 3 heterocycles. The number of hydrogen-bond acceptors (Lipinski definition) is 4. The van der Waals surface area contributed by atoms with E-state index in [2.05, 4.69) is 40.4 Å². The van der Waals surface area contributed by atoms with Crippen molar-refractivity contribution in [3.63, 3.8) is 0 Å². The van der Waals surface area contributed by atoms with Crippen molar-refractivity contribution in [1.29, 1.82) is 0 Å². The lowest BCUT2D eigenvalue weighted by Gasteiger charge is -2.36. The number of carbonyl (C=O) groups is 1. The minimum atomic E-state index is 0.165. The van der Waals surface area contributed by atoms with Gasteiger partial charge in [-0.15, -0.1) is 11.3 Å². The molecule has 1 fully saturated rings. The highest BCUT2D eigenvalue weighted by Gasteiger charge is 2.23. The first-order chi connectivity index (χ1) is 12.6. The van der Waals surface area contributed by atoms with E-state index in [4.69, 9.17) is 4.99 Å². The predicted octanol–water partition coefficient (Wildman–Crippen LogP) is 1.62. The Hall–Kier alpha value is -1.60. The molecule has 1 aromatic heterocycles. The van der Waals surface area contributed by atoms with Crippen LogP contribution in [0.25, 0.3) is 0 Å². The van der Waals surface area contributed by atoms with E-state index in [1.54, 1.807) is 11.8 Å². The van der Waals surface area contributed by atoms with E-state index in [1.165, 1.54) is 5.56 Å². The van der Waals surface area contributed by atoms with Crippen molar-refractivity contribution >= 4 is 23.2 Å². The smallest absolute Gasteiger partial charge is 0.219 e. The van der Waals surface area contributed by atoms with E-state index in [-0.39, 0.29) is 5.91 Å². The van der Waals surface area contributed by atoms with Crippen LogP contribution in [0.15, 0.2) is 16.4 Å². The number of piperazine rings is 1. The summed E-state index contributed by atoms with van der Waals surface area (Å²) in [5.74, 6) is 1.15. The summed E-state index contributed by atoms with van der Waals surface area (Å²) in [6.45, 7) is 13.1. The Morgan fingerprint density at radius 2 is 2.00 bits per heavy atom. The van der Waals surface area contributed by atoms with Crippen molar-refractivity contribution in [2.24, 2.45) is 4.99 Å². The van der Waals surface area contributed by atoms with Gasteiger partial charge in [0, 0.05) is 63.7 Å². The van der Waals surface area contributed by atoms with Gasteiger partial charge < -0.3 is 15.1 Å². The summed E-state index contributed by atoms with van der Waals surface area (Å²) in [6.07, 6.45) is 1.16. The quantitative estimate of drug-likeness (QED) is 0.640. The van der Waals surface area contributed by atoms with Gasteiger partial charge in [-0.05, 0) is 37.3 Å². The predicted molar refractivity (Wildman–Crippen MR) is 108 cm³/mol. The first-order valence-corrected chi connectivity index (χ1v) is 10.5. The summed E-state index contributed by atoms with van der Waals surface area (Å²) < 4.78 is 0. The first-order valence-electron chi connectivity index (χ1n) is 9.66. The number of aliphatic imine (C=N–C) groups is 1. The van der Waals surface area contributed by atoms with Gasteiger partial charge in [-0.25, -0.2) is 0 Å². The SMILES string of the molecule is CCNC(=NCC(C)N1CCc2sccc2C1)N1CCN(C(C)=O)CC1. The third-order valence-corrected chi connectivity index (χ3v) is 6.35. The molecule has 2 aliphatic rings. The minimum Gasteiger partial charge on any atom is -0.357 e. The zero-order chi connectivity index (χ0) is 18.5. The van der Waals surface area contributed by atoms with E-state index >= 15 is 0 Å². The van der Waals surface area contributed by atoms with Crippen LogP contribution in [0.2, 0.25) is 0 Å². The molecule has 0 bridgehead atoms. The second-order valence-corrected chi connectivity index (χ2v) is 8.13. The second kappa shape index (κ2) is 8.86. The van der Waals surface area contributed by atoms with Gasteiger partial charge in [-0.1, -0.05) is 0 Å². The van der Waals surface area contributed by atoms with Gasteiger partial charge >= 0.3 is 0 Å². The zero-order valence-corrected chi connectivity index (χ0v) is 17.0. The van der Waals surface area contributed by atoms with Crippen molar-refractivity contribution in [3.8, 4) is 0 Å². The van der Waals surface area contributed by atoms with Crippen LogP contribution in [-0.2, 0) is 17.8 Å². The fourth-order valence-electron chi connectivity index (χ4n) is 3.64. The molecule has 2 aliphatic heterocycles. The van der Waals surface area contributed by atoms with Crippen LogP contribution in [0.4, 0.5) is 0 Å². The van der Waals surface area contributed by atoms with Gasteiger partial charge in [0.25, 0.3) is 0 Å². The van der Waals surface area contributed by atoms with Crippen molar-refractivity contribution < 1.29 is 4.79 Å². The molecule has 144 valence electrons. The topological polar surface area (TPSA) is 51.2 Å². The number of guanidine groups is 1. The zero-order valence-electron chi connectivity index (χ0n) is 16.2. The molecule has 6 nitrogen and oxygen atoms in total. The molecule has 3 rings (SSSR count). The van der Waals surface area contributed by atoms with Gasteiger partial charge in [0.15, 0.2) is 5.96 Å². The van der Waals surface area contributed by atoms with Crippen molar-refractivity contribution in [3.05, 3.63) is 21.9 Å². The first kappa shape index (κ1) is 19.2. The van der Waals surface area contributed by atoms with Crippen molar-refractivity contribution in [1.82, 2.24) is 20.0 Å². The molecule has 0 spiro atoms. The molecule has 0 saturated carbocycles. The summed E-state index contributed by atoms with van der Waals surface area (Å²) in [5, 5.41) is 5.63. The Morgan fingerprint density at radius 3 is 2.69 bits per heavy atom. The maximum absolute atomic E-state index is 11.5. The van der Waals surface area contributed by atoms with Crippen LogP contribution >= 0.6 is 11.3 Å². The number of hydrogen-bond donors (Lipinski definition) is 1. The lowest BCUT2D eigenvalue weighted by molar-refractivity contribution is -0.130. The van der Waals surface area contributed by atoms with Crippen molar-refractivity contribution in [2.75, 3.05) is 45.8 Å². The number of nitrogens with one attached hydrogen (secondary N) is 1. The van der Waals surface area contributed by atoms with Crippen molar-refractivity contribution in [2.45, 2.75) is 39.8 Å². The Labute approximate surface area is 160 Å². The summed E-state index contributed by atoms with van der Waals surface area (Å²) in [5.41, 5.74) is 1.49. The van der Waals surface area contributed by atoms with Gasteiger partial charge in [0.05, 0.1) is 6.54 Å². The maximum atomic E-state index is 11.5. The van der Waals surface area contributed by atoms with E-state index in [0.717, 1.165) is 64.7 Å². The Balaban J connectivity index is 1.56. The number of amides is 1. The molecular weight excluding hydrogens is 346 g/mol. The monoisotopic (exact) mass is 377 g/mol. The van der Waals surface area contributed by atoms with Crippen LogP contribution in [0.5, 0.6) is 0 Å². The minimum absolute atomic E-state index is 0.165. The molecule has 1 aromatic rings. The number of nitrogens with zero attached hydrogens (tertiary/aromatic N) is 4. The largest absolute Gasteiger partial charge is 0.357 e. The lowest BCUT2D eigenvalue weighted by atomic mass is 10.1. The summed E-state index contributed by atoms with van der Waals surface area (Å²) in [4.78, 5) is 24.7. The number of fused-ring (bicyclic) bond motifs is 1. The molecule has 1 unspecified atom stereocenters. The lowest BCUT2D eigenvalue weighted by Crippen LogP contribution is -2.53. The van der Waals surface area contributed by atoms with Gasteiger partial charge in [-0.2, -0.15) is 0 Å². The number of thiophene rings is 1. The Kier molecular flexibility index (Phi) is 6.53. The molecule has 0 aromatic carbocycles. The van der Waals surface area contributed by atoms with Gasteiger partial charge in [-0.3, -0.25) is 14.7 Å². The third kappa shape index (κ3) is 4.57. The van der Waals surface area contributed by atoms with Crippen LogP contribution in [-0.4, -0.2) is 78.4 Å². The van der Waals surface area contributed by atoms with E-state index in [9.17, 15) is 4.79 Å². The molecule has 0 radical (unpaired) electrons. The van der Waals surface area contributed by atoms with E-state index < -0.39 is 0 Å². The van der Waals surface area contributed by atoms with Crippen LogP contribution in [0.3, 0.4) is 0 Å². The fourth-order valence-corrected chi connectivity index (χ4v) is 4.53. The highest BCUT2D eigenvalue weighted by molar-refractivity contribution is 7.10. The van der Waals surface area contributed by atoms with Crippen LogP contribution in [0.1, 0.15) is 31.2 Å². The molecule has 1 atom stereocenters. The van der Waals surface area contributed by atoms with E-state index in [0.29, 0.717) is 6.04 Å². The molecule has 1 amide bonds. The van der Waals surface area contributed by atoms with Gasteiger partial charge in [0.1, 0.15) is 0 Å². The molecule has 1 N–H and O–H groups in total. The maximum Gasteiger partial charge on any atom is 0.219 e. The number of carbonyl (C=O) groups excluding carboxylic acids is 1. The molecule has 0 aliphatic carbocycles. The fraction of sp³-hybridized carbons (Fsp3) is 0.684. The molecular formula is C19H31N5OS. The summed E-state index contributed by atoms with van der Waals surface area (Å²) in [6, 6.07) is 2.69. The Morgan fingerprint density at radius 1 is 1.27 bits per heavy atom. The summed E-state index contributed by atoms with van der Waals surface area (Å²) >= 11 is 1.89. The van der Waals surface area contributed by atoms with E-state index in [1.807, 2.05) is 16.2 Å². The Bertz CT molecular complexity index is 636. The highest BCUT2D eigenvalue weighted by Crippen LogP contribution is 2.25. The molecule has 26 heavy (non-hydrogen) atoms. The third-order valence-electron chi connectivity index (χ3n) is 5.33. The normalized spacial score (nSPS) is 20.0. The average Bonchev–Trinajstić information content (AvgIpc) is 3.12. The molecule has 7 heteroatoms. The number of rotatable bonds is 4. The summed E-state index contributed by atoms with van der Waals surface area (Å²) in [7, 11) is 0. The van der Waals surface area contributed by atoms with Gasteiger partial charge in [0.2, 0.25) is 5.91 Å². The van der Waals surface area contributed by atoms with Crippen LogP contribution < -0.4 is 5.32 Å². The second-order valence-electron chi connectivity index (χ2n) is 7.13. The van der Waals surface area contributed by atoms with Crippen LogP contribution in [0, 0.1) is 0 Å². The highest BCUT2D eigenvalue weighted by atomic mass is 32.1. The average molecular weight is 378 g/mol. The molecule has 1 saturated heterocycles. The standard InChI is InChI=1S/C19H31N5OS/c1-4-20-19(23-10-8-22(9-11-23)16(3)25)21-13-15(2)24-7-5-18-17(14-24)6-12-26-18/h6,12,15H,4-5,7-11,13-14H2,1-3H3,(H,20,21).